The minimum Gasteiger partial charge on any atom is -0.477 e. The fraction of sp³-hybridized carbons (Fsp3) is 0.286. The maximum atomic E-state index is 12.1. The van der Waals surface area contributed by atoms with Crippen LogP contribution in [0.2, 0.25) is 0 Å². The van der Waals surface area contributed by atoms with E-state index < -0.39 is 5.97 Å². The van der Waals surface area contributed by atoms with E-state index in [1.54, 1.807) is 16.7 Å². The van der Waals surface area contributed by atoms with Crippen molar-refractivity contribution in [2.45, 2.75) is 18.4 Å². The van der Waals surface area contributed by atoms with Crippen molar-refractivity contribution >= 4 is 41.1 Å². The van der Waals surface area contributed by atoms with Crippen LogP contribution in [0, 0.1) is 0 Å². The molecule has 3 aliphatic rings. The van der Waals surface area contributed by atoms with Crippen molar-refractivity contribution in [1.29, 1.82) is 0 Å². The van der Waals surface area contributed by atoms with E-state index >= 15 is 0 Å². The lowest BCUT2D eigenvalue weighted by atomic mass is 10.0. The van der Waals surface area contributed by atoms with Gasteiger partial charge in [-0.15, -0.1) is 23.1 Å². The number of β-lactam (4-membered cyclic amide) rings is 1. The second-order valence-electron chi connectivity index (χ2n) is 4.97. The van der Waals surface area contributed by atoms with Gasteiger partial charge in [-0.25, -0.2) is 4.79 Å². The molecule has 0 saturated carbocycles. The Kier molecular flexibility index (Phi) is 2.95. The van der Waals surface area contributed by atoms with Gasteiger partial charge in [0, 0.05) is 21.6 Å². The van der Waals surface area contributed by atoms with Crippen LogP contribution in [0.3, 0.4) is 0 Å². The topological polar surface area (TPSA) is 66.8 Å². The van der Waals surface area contributed by atoms with Gasteiger partial charge < -0.3 is 9.84 Å². The molecule has 4 heterocycles. The molecule has 1 N–H and O–H groups in total. The number of rotatable bonds is 2. The van der Waals surface area contributed by atoms with Crippen LogP contribution in [0.1, 0.15) is 15.3 Å². The van der Waals surface area contributed by atoms with E-state index in [-0.39, 0.29) is 17.0 Å². The van der Waals surface area contributed by atoms with Crippen LogP contribution in [-0.2, 0) is 27.4 Å². The molecule has 1 unspecified atom stereocenters. The molecule has 0 spiro atoms. The highest BCUT2D eigenvalue weighted by Gasteiger charge is 2.49. The van der Waals surface area contributed by atoms with Gasteiger partial charge in [-0.1, -0.05) is 0 Å². The summed E-state index contributed by atoms with van der Waals surface area (Å²) in [4.78, 5) is 26.9. The fourth-order valence-corrected chi connectivity index (χ4v) is 4.89. The van der Waals surface area contributed by atoms with Crippen LogP contribution >= 0.6 is 23.1 Å². The van der Waals surface area contributed by atoms with Gasteiger partial charge in [-0.2, -0.15) is 0 Å². The first-order chi connectivity index (χ1) is 10.1. The van der Waals surface area contributed by atoms with E-state index in [0.717, 1.165) is 17.9 Å². The Balaban J connectivity index is 1.60. The minimum atomic E-state index is -1.05. The number of fused-ring (bicyclic) bond motifs is 2. The summed E-state index contributed by atoms with van der Waals surface area (Å²) in [6.07, 6.45) is 2.81. The van der Waals surface area contributed by atoms with Crippen LogP contribution in [-0.4, -0.2) is 33.9 Å². The summed E-state index contributed by atoms with van der Waals surface area (Å²) in [5.74, 6) is -1.26. The minimum absolute atomic E-state index is 0.0750. The first-order valence-electron chi connectivity index (χ1n) is 6.48. The molecular weight excluding hydrogens is 310 g/mol. The largest absolute Gasteiger partial charge is 0.477 e. The monoisotopic (exact) mass is 321 g/mol. The number of hydrogen-bond donors (Lipinski definition) is 1. The normalized spacial score (nSPS) is 25.4. The van der Waals surface area contributed by atoms with Crippen molar-refractivity contribution in [2.24, 2.45) is 0 Å². The lowest BCUT2D eigenvalue weighted by Gasteiger charge is -2.37. The molecule has 5 nitrogen and oxygen atoms in total. The Morgan fingerprint density at radius 1 is 1.52 bits per heavy atom. The van der Waals surface area contributed by atoms with Gasteiger partial charge in [0.25, 0.3) is 5.91 Å². The molecule has 0 bridgehead atoms. The zero-order valence-electron chi connectivity index (χ0n) is 10.9. The fourth-order valence-electron chi connectivity index (χ4n) is 2.66. The Bertz CT molecular complexity index is 695. The van der Waals surface area contributed by atoms with Crippen molar-refractivity contribution < 1.29 is 19.4 Å². The summed E-state index contributed by atoms with van der Waals surface area (Å²) in [7, 11) is 0. The zero-order chi connectivity index (χ0) is 14.6. The quantitative estimate of drug-likeness (QED) is 0.667. The lowest BCUT2D eigenvalue weighted by Crippen LogP contribution is -2.51. The number of thioether (sulfide) groups is 1. The van der Waals surface area contributed by atoms with Gasteiger partial charge in [0.15, 0.2) is 0 Å². The van der Waals surface area contributed by atoms with Gasteiger partial charge in [-0.05, 0) is 17.7 Å². The van der Waals surface area contributed by atoms with Crippen LogP contribution in [0.4, 0.5) is 0 Å². The van der Waals surface area contributed by atoms with E-state index in [4.69, 9.17) is 9.84 Å². The van der Waals surface area contributed by atoms with E-state index in [1.807, 2.05) is 6.08 Å². The molecule has 7 heteroatoms. The van der Waals surface area contributed by atoms with Crippen molar-refractivity contribution in [3.05, 3.63) is 38.1 Å². The highest BCUT2D eigenvalue weighted by Crippen LogP contribution is 2.45. The molecule has 4 rings (SSSR count). The highest BCUT2D eigenvalue weighted by molar-refractivity contribution is 8.03. The van der Waals surface area contributed by atoms with E-state index in [2.05, 4.69) is 6.07 Å². The molecule has 1 atom stereocenters. The van der Waals surface area contributed by atoms with E-state index in [9.17, 15) is 9.59 Å². The molecule has 0 aromatic carbocycles. The number of carboxylic acids is 1. The maximum absolute atomic E-state index is 12.1. The average molecular weight is 321 g/mol. The first kappa shape index (κ1) is 13.1. The highest BCUT2D eigenvalue weighted by atomic mass is 32.2. The first-order valence-corrected chi connectivity index (χ1v) is 8.24. The summed E-state index contributed by atoms with van der Waals surface area (Å²) in [6.45, 7) is 1.39. The predicted octanol–water partition coefficient (Wildman–Crippen LogP) is 2.05. The van der Waals surface area contributed by atoms with Crippen molar-refractivity contribution in [3.63, 3.8) is 0 Å². The third-order valence-electron chi connectivity index (χ3n) is 3.70. The second-order valence-corrected chi connectivity index (χ2v) is 7.09. The van der Waals surface area contributed by atoms with Crippen LogP contribution in [0.25, 0.3) is 6.08 Å². The molecule has 108 valence electrons. The van der Waals surface area contributed by atoms with Crippen molar-refractivity contribution in [1.82, 2.24) is 4.90 Å². The number of amides is 1. The molecule has 0 radical (unpaired) electrons. The van der Waals surface area contributed by atoms with E-state index in [1.165, 1.54) is 27.1 Å². The third kappa shape index (κ3) is 1.96. The number of thiophene rings is 1. The molecule has 1 aromatic rings. The Morgan fingerprint density at radius 3 is 3.14 bits per heavy atom. The second kappa shape index (κ2) is 4.72. The summed E-state index contributed by atoms with van der Waals surface area (Å²) in [5.41, 5.74) is 1.95. The van der Waals surface area contributed by atoms with E-state index in [0.29, 0.717) is 12.2 Å². The number of carbonyl (C=O) groups excluding carboxylic acids is 1. The molecule has 0 aliphatic carbocycles. The standard InChI is InChI=1S/C14H11NO4S2/c16-12-9(13-15(12)10(6-20-13)14(17)18)4-8-3-7-5-19-2-1-11(7)21-8/h3-4,6,13H,1-2,5H2,(H,17,18)/b9-4+. The number of nitrogens with zero attached hydrogens (tertiary/aromatic N) is 1. The summed E-state index contributed by atoms with van der Waals surface area (Å²) in [5, 5.41) is 10.4. The van der Waals surface area contributed by atoms with Gasteiger partial charge in [0.05, 0.1) is 18.8 Å². The molecule has 1 saturated heterocycles. The number of carboxylic acid groups (broad SMARTS) is 1. The maximum Gasteiger partial charge on any atom is 0.353 e. The van der Waals surface area contributed by atoms with Gasteiger partial charge >= 0.3 is 5.97 Å². The molecule has 1 amide bonds. The third-order valence-corrected chi connectivity index (χ3v) is 5.96. The number of aliphatic carboxylic acids is 1. The van der Waals surface area contributed by atoms with Gasteiger partial charge in [0.2, 0.25) is 0 Å². The average Bonchev–Trinajstić information content (AvgIpc) is 3.05. The Morgan fingerprint density at radius 2 is 2.38 bits per heavy atom. The Hall–Kier alpha value is -1.57. The Labute approximate surface area is 128 Å². The number of carbonyl (C=O) groups is 2. The number of ether oxygens (including phenoxy) is 1. The summed E-state index contributed by atoms with van der Waals surface area (Å²) >= 11 is 3.05. The van der Waals surface area contributed by atoms with Crippen molar-refractivity contribution in [2.75, 3.05) is 6.61 Å². The van der Waals surface area contributed by atoms with Gasteiger partial charge in [0.1, 0.15) is 11.1 Å². The summed E-state index contributed by atoms with van der Waals surface area (Å²) < 4.78 is 5.42. The molecule has 1 aromatic heterocycles. The molecule has 21 heavy (non-hydrogen) atoms. The number of hydrogen-bond acceptors (Lipinski definition) is 5. The lowest BCUT2D eigenvalue weighted by molar-refractivity contribution is -0.141. The van der Waals surface area contributed by atoms with Crippen LogP contribution in [0.15, 0.2) is 22.7 Å². The van der Waals surface area contributed by atoms with Crippen LogP contribution < -0.4 is 0 Å². The summed E-state index contributed by atoms with van der Waals surface area (Å²) in [6, 6.07) is 2.06. The smallest absolute Gasteiger partial charge is 0.353 e. The molecular formula is C14H11NO4S2. The zero-order valence-corrected chi connectivity index (χ0v) is 12.5. The molecule has 3 aliphatic heterocycles. The predicted molar refractivity (Wildman–Crippen MR) is 79.6 cm³/mol. The van der Waals surface area contributed by atoms with Crippen LogP contribution in [0.5, 0.6) is 0 Å². The van der Waals surface area contributed by atoms with Crippen molar-refractivity contribution in [3.8, 4) is 0 Å². The van der Waals surface area contributed by atoms with Gasteiger partial charge in [-0.3, -0.25) is 9.69 Å². The molecule has 1 fully saturated rings. The SMILES string of the molecule is O=C(O)C1=CSC2/C(=C/c3cc4c(s3)CCOC4)C(=O)N12.